The van der Waals surface area contributed by atoms with Crippen LogP contribution >= 0.6 is 0 Å². The van der Waals surface area contributed by atoms with Crippen LogP contribution in [0, 0.1) is 13.8 Å². The molecule has 0 radical (unpaired) electrons. The lowest BCUT2D eigenvalue weighted by Crippen LogP contribution is -2.06. The molecule has 0 aliphatic heterocycles. The predicted molar refractivity (Wildman–Crippen MR) is 84.4 cm³/mol. The van der Waals surface area contributed by atoms with E-state index in [1.807, 2.05) is 32.0 Å². The number of hydrogen-bond donors (Lipinski definition) is 0. The molecule has 0 aromatic heterocycles. The fourth-order valence-electron chi connectivity index (χ4n) is 3.12. The quantitative estimate of drug-likeness (QED) is 0.793. The zero-order valence-corrected chi connectivity index (χ0v) is 12.8. The first-order valence-corrected chi connectivity index (χ1v) is 7.42. The molecule has 1 aliphatic rings. The lowest BCUT2D eigenvalue weighted by Gasteiger charge is -2.11. The Morgan fingerprint density at radius 3 is 2.52 bits per heavy atom. The maximum absolute atomic E-state index is 12.8. The molecule has 0 spiro atoms. The van der Waals surface area contributed by atoms with Gasteiger partial charge in [-0.05, 0) is 73.6 Å². The fourth-order valence-corrected chi connectivity index (χ4v) is 3.12. The Morgan fingerprint density at radius 1 is 1.00 bits per heavy atom. The van der Waals surface area contributed by atoms with Crippen LogP contribution in [-0.2, 0) is 12.8 Å². The van der Waals surface area contributed by atoms with Crippen LogP contribution in [-0.4, -0.2) is 12.9 Å². The predicted octanol–water partition coefficient (Wildman–Crippen LogP) is 4.03. The van der Waals surface area contributed by atoms with Gasteiger partial charge in [-0.25, -0.2) is 0 Å². The van der Waals surface area contributed by atoms with Crippen molar-refractivity contribution < 1.29 is 9.53 Å². The second-order valence-electron chi connectivity index (χ2n) is 5.80. The van der Waals surface area contributed by atoms with Gasteiger partial charge in [-0.3, -0.25) is 4.79 Å². The van der Waals surface area contributed by atoms with E-state index < -0.39 is 0 Å². The zero-order chi connectivity index (χ0) is 15.0. The largest absolute Gasteiger partial charge is 0.496 e. The van der Waals surface area contributed by atoms with Crippen molar-refractivity contribution in [1.82, 2.24) is 0 Å². The topological polar surface area (TPSA) is 26.3 Å². The van der Waals surface area contributed by atoms with Crippen molar-refractivity contribution in [2.75, 3.05) is 7.11 Å². The summed E-state index contributed by atoms with van der Waals surface area (Å²) in [4.78, 5) is 12.8. The third kappa shape index (κ3) is 2.46. The summed E-state index contributed by atoms with van der Waals surface area (Å²) in [5.74, 6) is 0.936. The number of aryl methyl sites for hydroxylation is 4. The Hall–Kier alpha value is -2.09. The zero-order valence-electron chi connectivity index (χ0n) is 12.8. The molecule has 0 unspecified atom stereocenters. The van der Waals surface area contributed by atoms with Gasteiger partial charge >= 0.3 is 0 Å². The lowest BCUT2D eigenvalue weighted by molar-refractivity contribution is 0.103. The van der Waals surface area contributed by atoms with Gasteiger partial charge in [0.15, 0.2) is 5.78 Å². The van der Waals surface area contributed by atoms with Crippen LogP contribution in [0.4, 0.5) is 0 Å². The Morgan fingerprint density at radius 2 is 1.76 bits per heavy atom. The highest BCUT2D eigenvalue weighted by Gasteiger charge is 2.17. The molecule has 0 N–H and O–H groups in total. The van der Waals surface area contributed by atoms with E-state index in [1.54, 1.807) is 7.11 Å². The van der Waals surface area contributed by atoms with Crippen molar-refractivity contribution in [2.45, 2.75) is 33.1 Å². The number of rotatable bonds is 3. The van der Waals surface area contributed by atoms with E-state index in [4.69, 9.17) is 4.74 Å². The van der Waals surface area contributed by atoms with Crippen molar-refractivity contribution in [3.8, 4) is 5.75 Å². The Bertz CT molecular complexity index is 714. The van der Waals surface area contributed by atoms with Crippen LogP contribution in [0.3, 0.4) is 0 Å². The summed E-state index contributed by atoms with van der Waals surface area (Å²) in [6, 6.07) is 10.0. The highest BCUT2D eigenvalue weighted by Crippen LogP contribution is 2.27. The number of carbonyl (C=O) groups is 1. The molecule has 1 aliphatic carbocycles. The Labute approximate surface area is 125 Å². The summed E-state index contributed by atoms with van der Waals surface area (Å²) < 4.78 is 5.32. The van der Waals surface area contributed by atoms with Gasteiger partial charge < -0.3 is 4.74 Å². The molecule has 0 bridgehead atoms. The molecule has 0 atom stereocenters. The van der Waals surface area contributed by atoms with Crippen LogP contribution in [0.5, 0.6) is 5.75 Å². The van der Waals surface area contributed by atoms with Gasteiger partial charge in [-0.2, -0.15) is 0 Å². The normalized spacial score (nSPS) is 13.1. The van der Waals surface area contributed by atoms with E-state index in [0.717, 1.165) is 40.8 Å². The summed E-state index contributed by atoms with van der Waals surface area (Å²) in [5, 5.41) is 0. The lowest BCUT2D eigenvalue weighted by atomic mass is 9.95. The smallest absolute Gasteiger partial charge is 0.193 e. The molecular weight excluding hydrogens is 260 g/mol. The molecule has 3 rings (SSSR count). The van der Waals surface area contributed by atoms with E-state index in [0.29, 0.717) is 0 Å². The average molecular weight is 280 g/mol. The second-order valence-corrected chi connectivity index (χ2v) is 5.80. The standard InChI is InChI=1S/C19H20O2/c1-12-10-18(21-3)13(2)9-17(12)19(20)16-8-7-14-5-4-6-15(14)11-16/h7-11H,4-6H2,1-3H3. The van der Waals surface area contributed by atoms with Crippen LogP contribution in [0.1, 0.15) is 44.6 Å². The molecular formula is C19H20O2. The molecule has 2 heteroatoms. The molecule has 2 nitrogen and oxygen atoms in total. The molecule has 0 fully saturated rings. The number of ether oxygens (including phenoxy) is 1. The number of ketones is 1. The SMILES string of the molecule is COc1cc(C)c(C(=O)c2ccc3c(c2)CCC3)cc1C. The average Bonchev–Trinajstić information content (AvgIpc) is 2.95. The van der Waals surface area contributed by atoms with Crippen LogP contribution in [0.2, 0.25) is 0 Å². The van der Waals surface area contributed by atoms with Crippen molar-refractivity contribution in [3.05, 3.63) is 63.7 Å². The third-order valence-electron chi connectivity index (χ3n) is 4.35. The maximum Gasteiger partial charge on any atom is 0.193 e. The minimum absolute atomic E-state index is 0.105. The molecule has 2 aromatic carbocycles. The van der Waals surface area contributed by atoms with Crippen molar-refractivity contribution in [3.63, 3.8) is 0 Å². The summed E-state index contributed by atoms with van der Waals surface area (Å²) in [5.41, 5.74) is 6.25. The van der Waals surface area contributed by atoms with Gasteiger partial charge in [-0.1, -0.05) is 12.1 Å². The van der Waals surface area contributed by atoms with E-state index in [9.17, 15) is 4.79 Å². The van der Waals surface area contributed by atoms with Gasteiger partial charge in [-0.15, -0.1) is 0 Å². The van der Waals surface area contributed by atoms with Gasteiger partial charge in [0, 0.05) is 11.1 Å². The summed E-state index contributed by atoms with van der Waals surface area (Å²) in [7, 11) is 1.66. The molecule has 108 valence electrons. The second kappa shape index (κ2) is 5.36. The summed E-state index contributed by atoms with van der Waals surface area (Å²) in [6.07, 6.45) is 3.44. The van der Waals surface area contributed by atoms with Crippen LogP contribution < -0.4 is 4.74 Å². The number of benzene rings is 2. The molecule has 0 saturated carbocycles. The molecule has 0 heterocycles. The number of hydrogen-bond acceptors (Lipinski definition) is 2. The van der Waals surface area contributed by atoms with Crippen LogP contribution in [0.25, 0.3) is 0 Å². The van der Waals surface area contributed by atoms with Crippen LogP contribution in [0.15, 0.2) is 30.3 Å². The first kappa shape index (κ1) is 13.9. The van der Waals surface area contributed by atoms with Gasteiger partial charge in [0.05, 0.1) is 7.11 Å². The summed E-state index contributed by atoms with van der Waals surface area (Å²) in [6.45, 7) is 3.93. The van der Waals surface area contributed by atoms with E-state index >= 15 is 0 Å². The number of fused-ring (bicyclic) bond motifs is 1. The monoisotopic (exact) mass is 280 g/mol. The highest BCUT2D eigenvalue weighted by atomic mass is 16.5. The minimum atomic E-state index is 0.105. The highest BCUT2D eigenvalue weighted by molar-refractivity contribution is 6.10. The number of methoxy groups -OCH3 is 1. The molecule has 2 aromatic rings. The van der Waals surface area contributed by atoms with Gasteiger partial charge in [0.25, 0.3) is 0 Å². The maximum atomic E-state index is 12.8. The molecule has 0 saturated heterocycles. The Kier molecular flexibility index (Phi) is 3.54. The first-order valence-electron chi connectivity index (χ1n) is 7.42. The summed E-state index contributed by atoms with van der Waals surface area (Å²) >= 11 is 0. The molecule has 21 heavy (non-hydrogen) atoms. The Balaban J connectivity index is 2.01. The fraction of sp³-hybridized carbons (Fsp3) is 0.316. The van der Waals surface area contributed by atoms with Crippen molar-refractivity contribution in [1.29, 1.82) is 0 Å². The molecule has 0 amide bonds. The minimum Gasteiger partial charge on any atom is -0.496 e. The third-order valence-corrected chi connectivity index (χ3v) is 4.35. The van der Waals surface area contributed by atoms with E-state index in [2.05, 4.69) is 12.1 Å². The van der Waals surface area contributed by atoms with E-state index in [1.165, 1.54) is 17.5 Å². The first-order chi connectivity index (χ1) is 10.1. The van der Waals surface area contributed by atoms with E-state index in [-0.39, 0.29) is 5.78 Å². The van der Waals surface area contributed by atoms with Crippen molar-refractivity contribution >= 4 is 5.78 Å². The van der Waals surface area contributed by atoms with Crippen molar-refractivity contribution in [2.24, 2.45) is 0 Å². The van der Waals surface area contributed by atoms with Gasteiger partial charge in [0.2, 0.25) is 0 Å². The van der Waals surface area contributed by atoms with Gasteiger partial charge in [0.1, 0.15) is 5.75 Å². The number of carbonyl (C=O) groups excluding carboxylic acids is 1.